The fourth-order valence-electron chi connectivity index (χ4n) is 2.91. The highest BCUT2D eigenvalue weighted by molar-refractivity contribution is 5.83. The summed E-state index contributed by atoms with van der Waals surface area (Å²) in [5, 5.41) is 11.3. The van der Waals surface area contributed by atoms with Crippen LogP contribution in [0.1, 0.15) is 18.1 Å². The Labute approximate surface area is 164 Å². The van der Waals surface area contributed by atoms with E-state index in [0.29, 0.717) is 30.2 Å². The van der Waals surface area contributed by atoms with Crippen LogP contribution in [0.15, 0.2) is 60.7 Å². The average molecular weight is 374 g/mol. The molecule has 142 valence electrons. The lowest BCUT2D eigenvalue weighted by Gasteiger charge is -2.19. The lowest BCUT2D eigenvalue weighted by molar-refractivity contribution is -0.132. The molecule has 0 saturated carbocycles. The van der Waals surface area contributed by atoms with Gasteiger partial charge in [0.25, 0.3) is 5.91 Å². The summed E-state index contributed by atoms with van der Waals surface area (Å²) in [6, 6.07) is 21.3. The quantitative estimate of drug-likeness (QED) is 0.623. The van der Waals surface area contributed by atoms with Crippen molar-refractivity contribution in [3.8, 4) is 17.6 Å². The fraction of sp³-hybridized carbons (Fsp3) is 0.217. The Bertz CT molecular complexity index is 1020. The van der Waals surface area contributed by atoms with Crippen molar-refractivity contribution in [2.45, 2.75) is 13.5 Å². The number of likely N-dealkylation sites (N-methyl/N-ethyl adjacent to an activating group) is 1. The highest BCUT2D eigenvalue weighted by Crippen LogP contribution is 2.28. The van der Waals surface area contributed by atoms with E-state index < -0.39 is 0 Å². The molecule has 0 heterocycles. The number of carbonyl (C=O) groups is 1. The Balaban J connectivity index is 1.63. The Morgan fingerprint density at radius 2 is 1.79 bits per heavy atom. The minimum absolute atomic E-state index is 0.101. The van der Waals surface area contributed by atoms with Gasteiger partial charge in [-0.15, -0.1) is 0 Å². The van der Waals surface area contributed by atoms with E-state index in [1.807, 2.05) is 25.1 Å². The van der Waals surface area contributed by atoms with Crippen LogP contribution in [0.4, 0.5) is 0 Å². The molecule has 0 spiro atoms. The van der Waals surface area contributed by atoms with Gasteiger partial charge in [-0.05, 0) is 41.5 Å². The van der Waals surface area contributed by atoms with E-state index in [9.17, 15) is 4.79 Å². The Kier molecular flexibility index (Phi) is 6.13. The molecule has 0 bridgehead atoms. The molecule has 1 amide bonds. The lowest BCUT2D eigenvalue weighted by atomic mass is 10.1. The van der Waals surface area contributed by atoms with Crippen LogP contribution in [-0.4, -0.2) is 31.1 Å². The summed E-state index contributed by atoms with van der Waals surface area (Å²) in [6.45, 7) is 2.70. The molecule has 3 rings (SSSR count). The van der Waals surface area contributed by atoms with Crippen molar-refractivity contribution in [3.05, 3.63) is 71.8 Å². The minimum Gasteiger partial charge on any atom is -0.490 e. The topological polar surface area (TPSA) is 62.6 Å². The molecular formula is C23H22N2O3. The molecule has 3 aromatic carbocycles. The van der Waals surface area contributed by atoms with Gasteiger partial charge in [-0.1, -0.05) is 36.4 Å². The second-order valence-corrected chi connectivity index (χ2v) is 6.43. The van der Waals surface area contributed by atoms with Gasteiger partial charge >= 0.3 is 0 Å². The van der Waals surface area contributed by atoms with Gasteiger partial charge in [0, 0.05) is 19.7 Å². The first kappa shape index (κ1) is 19.2. The van der Waals surface area contributed by atoms with Crippen molar-refractivity contribution in [1.29, 1.82) is 5.26 Å². The summed E-state index contributed by atoms with van der Waals surface area (Å²) in [7, 11) is 1.75. The molecule has 0 radical (unpaired) electrons. The van der Waals surface area contributed by atoms with Crippen molar-refractivity contribution in [2.75, 3.05) is 20.3 Å². The minimum atomic E-state index is -0.139. The zero-order chi connectivity index (χ0) is 19.9. The monoisotopic (exact) mass is 374 g/mol. The van der Waals surface area contributed by atoms with Crippen LogP contribution in [0.5, 0.6) is 11.5 Å². The maximum atomic E-state index is 12.5. The number of amides is 1. The van der Waals surface area contributed by atoms with Crippen LogP contribution in [0.3, 0.4) is 0 Å². The average Bonchev–Trinajstić information content (AvgIpc) is 2.72. The molecule has 0 aliphatic rings. The van der Waals surface area contributed by atoms with Gasteiger partial charge in [0.15, 0.2) is 18.1 Å². The zero-order valence-electron chi connectivity index (χ0n) is 16.0. The summed E-state index contributed by atoms with van der Waals surface area (Å²) in [4.78, 5) is 14.1. The number of hydrogen-bond acceptors (Lipinski definition) is 4. The second-order valence-electron chi connectivity index (χ2n) is 6.43. The standard InChI is InChI=1S/C23H22N2O3/c1-3-27-22-13-17(14-24)9-11-21(22)28-16-23(26)25(2)15-18-8-10-19-6-4-5-7-20(19)12-18/h4-13H,3,15-16H2,1-2H3. The third-order valence-corrected chi connectivity index (χ3v) is 4.38. The molecule has 5 heteroatoms. The van der Waals surface area contributed by atoms with Crippen molar-refractivity contribution in [1.82, 2.24) is 4.90 Å². The molecule has 0 atom stereocenters. The molecule has 28 heavy (non-hydrogen) atoms. The predicted octanol–water partition coefficient (Wildman–Crippen LogP) is 4.15. The number of nitrogens with zero attached hydrogens (tertiary/aromatic N) is 2. The number of carbonyl (C=O) groups excluding carboxylic acids is 1. The molecule has 0 aromatic heterocycles. The van der Waals surface area contributed by atoms with Crippen LogP contribution in [0.2, 0.25) is 0 Å². The number of benzene rings is 3. The molecule has 0 N–H and O–H groups in total. The van der Waals surface area contributed by atoms with E-state index in [4.69, 9.17) is 14.7 Å². The zero-order valence-corrected chi connectivity index (χ0v) is 16.0. The molecule has 5 nitrogen and oxygen atoms in total. The van der Waals surface area contributed by atoms with Gasteiger partial charge in [-0.2, -0.15) is 5.26 Å². The van der Waals surface area contributed by atoms with E-state index in [0.717, 1.165) is 10.9 Å². The summed E-state index contributed by atoms with van der Waals surface area (Å²) >= 11 is 0. The number of ether oxygens (including phenoxy) is 2. The highest BCUT2D eigenvalue weighted by Gasteiger charge is 2.13. The van der Waals surface area contributed by atoms with Crippen LogP contribution in [-0.2, 0) is 11.3 Å². The van der Waals surface area contributed by atoms with Gasteiger partial charge in [-0.3, -0.25) is 4.79 Å². The van der Waals surface area contributed by atoms with E-state index in [-0.39, 0.29) is 12.5 Å². The number of fused-ring (bicyclic) bond motifs is 1. The van der Waals surface area contributed by atoms with E-state index in [1.165, 1.54) is 5.39 Å². The van der Waals surface area contributed by atoms with Gasteiger partial charge in [-0.25, -0.2) is 0 Å². The smallest absolute Gasteiger partial charge is 0.260 e. The van der Waals surface area contributed by atoms with Gasteiger partial charge < -0.3 is 14.4 Å². The fourth-order valence-corrected chi connectivity index (χ4v) is 2.91. The maximum Gasteiger partial charge on any atom is 0.260 e. The Morgan fingerprint density at radius 1 is 1.00 bits per heavy atom. The Morgan fingerprint density at radius 3 is 2.54 bits per heavy atom. The third-order valence-electron chi connectivity index (χ3n) is 4.38. The van der Waals surface area contributed by atoms with Crippen molar-refractivity contribution >= 4 is 16.7 Å². The maximum absolute atomic E-state index is 12.5. The molecule has 3 aromatic rings. The van der Waals surface area contributed by atoms with Crippen LogP contribution >= 0.6 is 0 Å². The van der Waals surface area contributed by atoms with Crippen molar-refractivity contribution in [2.24, 2.45) is 0 Å². The normalized spacial score (nSPS) is 10.3. The van der Waals surface area contributed by atoms with Gasteiger partial charge in [0.05, 0.1) is 18.2 Å². The van der Waals surface area contributed by atoms with Crippen molar-refractivity contribution < 1.29 is 14.3 Å². The highest BCUT2D eigenvalue weighted by atomic mass is 16.5. The largest absolute Gasteiger partial charge is 0.490 e. The summed E-state index contributed by atoms with van der Waals surface area (Å²) in [5.74, 6) is 0.778. The van der Waals surface area contributed by atoms with E-state index in [2.05, 4.69) is 30.3 Å². The summed E-state index contributed by atoms with van der Waals surface area (Å²) in [5.41, 5.74) is 1.54. The summed E-state index contributed by atoms with van der Waals surface area (Å²) in [6.07, 6.45) is 0. The third kappa shape index (κ3) is 4.60. The first-order chi connectivity index (χ1) is 13.6. The number of hydrogen-bond donors (Lipinski definition) is 0. The van der Waals surface area contributed by atoms with E-state index >= 15 is 0 Å². The van der Waals surface area contributed by atoms with Gasteiger partial charge in [0.1, 0.15) is 0 Å². The number of rotatable bonds is 7. The molecule has 0 aliphatic heterocycles. The molecule has 0 saturated heterocycles. The first-order valence-corrected chi connectivity index (χ1v) is 9.12. The van der Waals surface area contributed by atoms with Crippen LogP contribution < -0.4 is 9.47 Å². The molecule has 0 fully saturated rings. The lowest BCUT2D eigenvalue weighted by Crippen LogP contribution is -2.31. The van der Waals surface area contributed by atoms with Crippen LogP contribution in [0, 0.1) is 11.3 Å². The molecular weight excluding hydrogens is 352 g/mol. The first-order valence-electron chi connectivity index (χ1n) is 9.12. The Hall–Kier alpha value is -3.52. The number of nitriles is 1. The SMILES string of the molecule is CCOc1cc(C#N)ccc1OCC(=O)N(C)Cc1ccc2ccccc2c1. The van der Waals surface area contributed by atoms with Crippen molar-refractivity contribution in [3.63, 3.8) is 0 Å². The van der Waals surface area contributed by atoms with Gasteiger partial charge in [0.2, 0.25) is 0 Å². The molecule has 0 unspecified atom stereocenters. The van der Waals surface area contributed by atoms with E-state index in [1.54, 1.807) is 30.1 Å². The predicted molar refractivity (Wildman–Crippen MR) is 108 cm³/mol. The summed E-state index contributed by atoms with van der Waals surface area (Å²) < 4.78 is 11.2. The van der Waals surface area contributed by atoms with Crippen LogP contribution in [0.25, 0.3) is 10.8 Å². The second kappa shape index (κ2) is 8.92. The molecule has 0 aliphatic carbocycles.